The number of nitro groups is 1. The first-order valence-electron chi connectivity index (χ1n) is 6.67. The number of amides is 1. The van der Waals surface area contributed by atoms with E-state index in [0.717, 1.165) is 0 Å². The van der Waals surface area contributed by atoms with Gasteiger partial charge in [0, 0.05) is 23.5 Å². The van der Waals surface area contributed by atoms with Gasteiger partial charge in [0.25, 0.3) is 11.6 Å². The topological polar surface area (TPSA) is 94.4 Å². The predicted octanol–water partition coefficient (Wildman–Crippen LogP) is 2.95. The molecule has 0 fully saturated rings. The third kappa shape index (κ3) is 3.38. The molecule has 0 spiro atoms. The lowest BCUT2D eigenvalue weighted by Gasteiger charge is -2.09. The highest BCUT2D eigenvalue weighted by atomic mass is 16.6. The molecule has 0 aliphatic carbocycles. The van der Waals surface area contributed by atoms with Gasteiger partial charge in [-0.1, -0.05) is 6.07 Å². The second kappa shape index (κ2) is 6.66. The molecule has 1 N–H and O–H groups in total. The van der Waals surface area contributed by atoms with Crippen molar-refractivity contribution >= 4 is 17.3 Å². The summed E-state index contributed by atoms with van der Waals surface area (Å²) in [7, 11) is 0. The summed E-state index contributed by atoms with van der Waals surface area (Å²) < 4.78 is 5.30. The van der Waals surface area contributed by atoms with Crippen LogP contribution in [0.1, 0.15) is 22.8 Å². The van der Waals surface area contributed by atoms with Crippen LogP contribution in [-0.2, 0) is 0 Å². The maximum absolute atomic E-state index is 12.3. The van der Waals surface area contributed by atoms with Crippen molar-refractivity contribution in [3.05, 3.63) is 57.8 Å². The lowest BCUT2D eigenvalue weighted by Crippen LogP contribution is -2.14. The van der Waals surface area contributed by atoms with E-state index in [1.165, 1.54) is 12.3 Å². The molecule has 1 aromatic carbocycles. The molecule has 0 unspecified atom stereocenters. The number of nitrogens with zero attached hydrogens (tertiary/aromatic N) is 2. The molecule has 0 aliphatic heterocycles. The van der Waals surface area contributed by atoms with Gasteiger partial charge in [0.2, 0.25) is 5.88 Å². The van der Waals surface area contributed by atoms with E-state index >= 15 is 0 Å². The van der Waals surface area contributed by atoms with Gasteiger partial charge in [-0.15, -0.1) is 0 Å². The van der Waals surface area contributed by atoms with Gasteiger partial charge in [0.05, 0.1) is 11.5 Å². The van der Waals surface area contributed by atoms with Gasteiger partial charge < -0.3 is 10.1 Å². The maximum atomic E-state index is 12.3. The number of anilines is 1. The standard InChI is InChI=1S/C15H15N3O4/c1-3-22-15-12(5-4-8-16-15)14(19)17-11-7-6-10(2)13(9-11)18(20)21/h4-9H,3H2,1-2H3,(H,17,19). The van der Waals surface area contributed by atoms with Crippen LogP contribution < -0.4 is 10.1 Å². The molecule has 114 valence electrons. The minimum Gasteiger partial charge on any atom is -0.477 e. The van der Waals surface area contributed by atoms with E-state index in [0.29, 0.717) is 17.9 Å². The molecule has 22 heavy (non-hydrogen) atoms. The molecule has 0 saturated carbocycles. The second-order valence-corrected chi connectivity index (χ2v) is 4.50. The van der Waals surface area contributed by atoms with E-state index < -0.39 is 10.8 Å². The number of ether oxygens (including phenoxy) is 1. The van der Waals surface area contributed by atoms with Crippen LogP contribution in [0.3, 0.4) is 0 Å². The number of benzene rings is 1. The molecular formula is C15H15N3O4. The van der Waals surface area contributed by atoms with Gasteiger partial charge in [-0.05, 0) is 32.0 Å². The third-order valence-electron chi connectivity index (χ3n) is 2.96. The SMILES string of the molecule is CCOc1ncccc1C(=O)Nc1ccc(C)c([N+](=O)[O-])c1. The minimum absolute atomic E-state index is 0.0472. The number of nitro benzene ring substituents is 1. The first-order chi connectivity index (χ1) is 10.5. The molecule has 0 bridgehead atoms. The van der Waals surface area contributed by atoms with Crippen molar-refractivity contribution in [2.24, 2.45) is 0 Å². The minimum atomic E-state index is -0.485. The summed E-state index contributed by atoms with van der Waals surface area (Å²) >= 11 is 0. The molecule has 7 nitrogen and oxygen atoms in total. The Morgan fingerprint density at radius 3 is 2.86 bits per heavy atom. The Balaban J connectivity index is 2.26. The third-order valence-corrected chi connectivity index (χ3v) is 2.96. The molecule has 1 amide bonds. The largest absolute Gasteiger partial charge is 0.477 e. The second-order valence-electron chi connectivity index (χ2n) is 4.50. The molecule has 0 atom stereocenters. The summed E-state index contributed by atoms with van der Waals surface area (Å²) in [6.07, 6.45) is 1.53. The van der Waals surface area contributed by atoms with Gasteiger partial charge in [-0.3, -0.25) is 14.9 Å². The van der Waals surface area contributed by atoms with E-state index in [2.05, 4.69) is 10.3 Å². The Hall–Kier alpha value is -2.96. The van der Waals surface area contributed by atoms with Crippen LogP contribution in [0.2, 0.25) is 0 Å². The number of hydrogen-bond donors (Lipinski definition) is 1. The van der Waals surface area contributed by atoms with Crippen LogP contribution in [0.25, 0.3) is 0 Å². The zero-order valence-corrected chi connectivity index (χ0v) is 12.2. The summed E-state index contributed by atoms with van der Waals surface area (Å²) in [6.45, 7) is 3.81. The average molecular weight is 301 g/mol. The van der Waals surface area contributed by atoms with Crippen molar-refractivity contribution in [1.29, 1.82) is 0 Å². The number of pyridine rings is 1. The summed E-state index contributed by atoms with van der Waals surface area (Å²) in [5.74, 6) is -0.209. The fourth-order valence-electron chi connectivity index (χ4n) is 1.90. The molecule has 1 aromatic heterocycles. The molecule has 2 aromatic rings. The zero-order chi connectivity index (χ0) is 16.1. The molecule has 7 heteroatoms. The van der Waals surface area contributed by atoms with E-state index in [9.17, 15) is 14.9 Å². The van der Waals surface area contributed by atoms with Crippen LogP contribution in [-0.4, -0.2) is 22.4 Å². The summed E-state index contributed by atoms with van der Waals surface area (Å²) in [6, 6.07) is 7.71. The lowest BCUT2D eigenvalue weighted by molar-refractivity contribution is -0.385. The van der Waals surface area contributed by atoms with Crippen molar-refractivity contribution in [2.75, 3.05) is 11.9 Å². The number of hydrogen-bond acceptors (Lipinski definition) is 5. The van der Waals surface area contributed by atoms with Gasteiger partial charge in [0.15, 0.2) is 0 Å². The molecule has 0 radical (unpaired) electrons. The fourth-order valence-corrected chi connectivity index (χ4v) is 1.90. The highest BCUT2D eigenvalue weighted by Crippen LogP contribution is 2.23. The van der Waals surface area contributed by atoms with Gasteiger partial charge >= 0.3 is 0 Å². The average Bonchev–Trinajstić information content (AvgIpc) is 2.49. The van der Waals surface area contributed by atoms with Gasteiger partial charge in [-0.2, -0.15) is 0 Å². The number of carbonyl (C=O) groups is 1. The van der Waals surface area contributed by atoms with Crippen molar-refractivity contribution in [2.45, 2.75) is 13.8 Å². The normalized spacial score (nSPS) is 10.1. The Kier molecular flexibility index (Phi) is 4.67. The van der Waals surface area contributed by atoms with Crippen LogP contribution in [0.4, 0.5) is 11.4 Å². The fraction of sp³-hybridized carbons (Fsp3) is 0.200. The lowest BCUT2D eigenvalue weighted by atomic mass is 10.1. The van der Waals surface area contributed by atoms with Crippen molar-refractivity contribution in [3.8, 4) is 5.88 Å². The number of rotatable bonds is 5. The number of aryl methyl sites for hydroxylation is 1. The molecule has 0 saturated heterocycles. The monoisotopic (exact) mass is 301 g/mol. The Labute approximate surface area is 127 Å². The number of aromatic nitrogens is 1. The molecule has 0 aliphatic rings. The zero-order valence-electron chi connectivity index (χ0n) is 12.2. The van der Waals surface area contributed by atoms with Gasteiger partial charge in [0.1, 0.15) is 5.56 Å². The summed E-state index contributed by atoms with van der Waals surface area (Å²) in [5, 5.41) is 13.5. The summed E-state index contributed by atoms with van der Waals surface area (Å²) in [4.78, 5) is 26.7. The van der Waals surface area contributed by atoms with E-state index in [-0.39, 0.29) is 17.1 Å². The van der Waals surface area contributed by atoms with Crippen LogP contribution in [0.15, 0.2) is 36.5 Å². The van der Waals surface area contributed by atoms with Crippen LogP contribution in [0, 0.1) is 17.0 Å². The van der Waals surface area contributed by atoms with E-state index in [1.807, 2.05) is 0 Å². The Morgan fingerprint density at radius 2 is 2.18 bits per heavy atom. The van der Waals surface area contributed by atoms with Crippen molar-refractivity contribution < 1.29 is 14.5 Å². The number of carbonyl (C=O) groups excluding carboxylic acids is 1. The molecule has 2 rings (SSSR count). The van der Waals surface area contributed by atoms with E-state index in [1.54, 1.807) is 38.1 Å². The first kappa shape index (κ1) is 15.4. The van der Waals surface area contributed by atoms with Crippen molar-refractivity contribution in [3.63, 3.8) is 0 Å². The van der Waals surface area contributed by atoms with Crippen molar-refractivity contribution in [1.82, 2.24) is 4.98 Å². The molecular weight excluding hydrogens is 286 g/mol. The molecule has 1 heterocycles. The van der Waals surface area contributed by atoms with E-state index in [4.69, 9.17) is 4.74 Å². The maximum Gasteiger partial charge on any atom is 0.274 e. The highest BCUT2D eigenvalue weighted by molar-refractivity contribution is 6.05. The summed E-state index contributed by atoms with van der Waals surface area (Å²) in [5.41, 5.74) is 1.09. The quantitative estimate of drug-likeness (QED) is 0.676. The predicted molar refractivity (Wildman–Crippen MR) is 81.2 cm³/mol. The Bertz CT molecular complexity index is 716. The van der Waals surface area contributed by atoms with Crippen LogP contribution in [0.5, 0.6) is 5.88 Å². The highest BCUT2D eigenvalue weighted by Gasteiger charge is 2.16. The van der Waals surface area contributed by atoms with Crippen LogP contribution >= 0.6 is 0 Å². The number of nitrogens with one attached hydrogen (secondary N) is 1. The smallest absolute Gasteiger partial charge is 0.274 e. The first-order valence-corrected chi connectivity index (χ1v) is 6.67. The Morgan fingerprint density at radius 1 is 1.41 bits per heavy atom. The van der Waals surface area contributed by atoms with Gasteiger partial charge in [-0.25, -0.2) is 4.98 Å².